The number of quaternary nitrogens is 1. The van der Waals surface area contributed by atoms with Crippen molar-refractivity contribution in [1.29, 1.82) is 0 Å². The summed E-state index contributed by atoms with van der Waals surface area (Å²) in [6.45, 7) is 4.70. The van der Waals surface area contributed by atoms with Gasteiger partial charge >= 0.3 is 11.9 Å². The van der Waals surface area contributed by atoms with Crippen molar-refractivity contribution in [3.63, 3.8) is 0 Å². The molecule has 0 rings (SSSR count). The Morgan fingerprint density at radius 3 is 1.49 bits per heavy atom. The number of carbonyl (C=O) groups excluding carboxylic acids is 3. The summed E-state index contributed by atoms with van der Waals surface area (Å²) in [4.78, 5) is 36.8. The van der Waals surface area contributed by atoms with Gasteiger partial charge in [-0.3, -0.25) is 9.59 Å². The number of nitrogens with zero attached hydrogens (tertiary/aromatic N) is 1. The van der Waals surface area contributed by atoms with E-state index < -0.39 is 24.3 Å². The Balaban J connectivity index is 4.48. The van der Waals surface area contributed by atoms with Crippen molar-refractivity contribution in [3.05, 3.63) is 12.2 Å². The molecular weight excluding hydrogens is 646 g/mol. The van der Waals surface area contributed by atoms with Crippen LogP contribution in [0.1, 0.15) is 181 Å². The Hall–Kier alpha value is -1.97. The van der Waals surface area contributed by atoms with E-state index in [2.05, 4.69) is 26.0 Å². The molecule has 0 aliphatic rings. The first-order valence-corrected chi connectivity index (χ1v) is 20.8. The van der Waals surface area contributed by atoms with Gasteiger partial charge in [-0.05, 0) is 38.5 Å². The van der Waals surface area contributed by atoms with Crippen LogP contribution >= 0.6 is 0 Å². The lowest BCUT2D eigenvalue weighted by Gasteiger charge is -2.26. The average Bonchev–Trinajstić information content (AvgIpc) is 3.08. The molecule has 0 aromatic carbocycles. The first kappa shape index (κ1) is 49.0. The van der Waals surface area contributed by atoms with Crippen LogP contribution in [0.5, 0.6) is 0 Å². The van der Waals surface area contributed by atoms with E-state index >= 15 is 0 Å². The Bertz CT molecular complexity index is 856. The number of likely N-dealkylation sites (N-methyl/N-ethyl adjacent to an activating group) is 1. The lowest BCUT2D eigenvalue weighted by molar-refractivity contribution is -0.870. The maximum Gasteiger partial charge on any atom is 0.306 e. The Morgan fingerprint density at radius 2 is 1.00 bits per heavy atom. The van der Waals surface area contributed by atoms with Gasteiger partial charge in [0.25, 0.3) is 0 Å². The minimum Gasteiger partial charge on any atom is -0.545 e. The molecule has 300 valence electrons. The zero-order valence-electron chi connectivity index (χ0n) is 33.7. The Labute approximate surface area is 313 Å². The Morgan fingerprint density at radius 1 is 0.569 bits per heavy atom. The van der Waals surface area contributed by atoms with Crippen molar-refractivity contribution in [2.45, 2.75) is 193 Å². The van der Waals surface area contributed by atoms with E-state index in [1.165, 1.54) is 89.9 Å². The number of hydrogen-bond donors (Lipinski definition) is 0. The summed E-state index contributed by atoms with van der Waals surface area (Å²) in [7, 11) is 5.90. The fourth-order valence-electron chi connectivity index (χ4n) is 5.71. The molecule has 51 heavy (non-hydrogen) atoms. The second-order valence-corrected chi connectivity index (χ2v) is 15.3. The van der Waals surface area contributed by atoms with E-state index in [-0.39, 0.29) is 32.2 Å². The van der Waals surface area contributed by atoms with Gasteiger partial charge in [0.1, 0.15) is 13.2 Å². The van der Waals surface area contributed by atoms with Gasteiger partial charge < -0.3 is 33.3 Å². The number of hydrogen-bond acceptors (Lipinski definition) is 8. The maximum atomic E-state index is 12.7. The highest BCUT2D eigenvalue weighted by Crippen LogP contribution is 2.14. The molecule has 2 atom stereocenters. The van der Waals surface area contributed by atoms with Crippen LogP contribution in [0.3, 0.4) is 0 Å². The number of allylic oxidation sites excluding steroid dienone is 2. The molecule has 9 heteroatoms. The van der Waals surface area contributed by atoms with Gasteiger partial charge in [-0.15, -0.1) is 0 Å². The number of esters is 2. The van der Waals surface area contributed by atoms with Crippen LogP contribution in [0.2, 0.25) is 0 Å². The molecule has 9 nitrogen and oxygen atoms in total. The van der Waals surface area contributed by atoms with E-state index in [4.69, 9.17) is 18.9 Å². The molecule has 0 saturated heterocycles. The summed E-state index contributed by atoms with van der Waals surface area (Å²) in [5.74, 6) is -2.29. The normalized spacial score (nSPS) is 13.0. The topological polar surface area (TPSA) is 111 Å². The number of aliphatic carboxylic acids is 1. The Kier molecular flexibility index (Phi) is 33.7. The third-order valence-electron chi connectivity index (χ3n) is 9.01. The number of carbonyl (C=O) groups is 3. The molecule has 0 aliphatic heterocycles. The van der Waals surface area contributed by atoms with Crippen LogP contribution in [0.4, 0.5) is 0 Å². The van der Waals surface area contributed by atoms with Gasteiger partial charge in [0.15, 0.2) is 12.4 Å². The maximum absolute atomic E-state index is 12.7. The van der Waals surface area contributed by atoms with Gasteiger partial charge in [0.05, 0.1) is 40.3 Å². The van der Waals surface area contributed by atoms with Crippen molar-refractivity contribution < 1.29 is 42.9 Å². The smallest absolute Gasteiger partial charge is 0.306 e. The lowest BCUT2D eigenvalue weighted by Crippen LogP contribution is -2.44. The largest absolute Gasteiger partial charge is 0.545 e. The summed E-state index contributed by atoms with van der Waals surface area (Å²) in [6, 6.07) is 0. The fraction of sp³-hybridized carbons (Fsp3) is 0.881. The number of carboxylic acid groups (broad SMARTS) is 1. The molecule has 2 unspecified atom stereocenters. The van der Waals surface area contributed by atoms with E-state index in [0.717, 1.165) is 57.8 Å². The highest BCUT2D eigenvalue weighted by atomic mass is 16.7. The van der Waals surface area contributed by atoms with E-state index in [0.29, 0.717) is 23.9 Å². The van der Waals surface area contributed by atoms with Gasteiger partial charge in [-0.2, -0.15) is 0 Å². The highest BCUT2D eigenvalue weighted by molar-refractivity contribution is 5.70. The van der Waals surface area contributed by atoms with Gasteiger partial charge in [0, 0.05) is 12.8 Å². The van der Waals surface area contributed by atoms with Crippen molar-refractivity contribution in [1.82, 2.24) is 0 Å². The van der Waals surface area contributed by atoms with Crippen LogP contribution < -0.4 is 5.11 Å². The number of carboxylic acids is 1. The summed E-state index contributed by atoms with van der Waals surface area (Å²) < 4.78 is 22.5. The molecule has 0 spiro atoms. The zero-order valence-corrected chi connectivity index (χ0v) is 33.7. The van der Waals surface area contributed by atoms with Crippen LogP contribution in [0.25, 0.3) is 0 Å². The second-order valence-electron chi connectivity index (χ2n) is 15.3. The monoisotopic (exact) mass is 726 g/mol. The summed E-state index contributed by atoms with van der Waals surface area (Å²) in [6.07, 6.45) is 30.9. The van der Waals surface area contributed by atoms with E-state index in [9.17, 15) is 19.5 Å². The molecule has 0 bridgehead atoms. The molecule has 0 aromatic heterocycles. The van der Waals surface area contributed by atoms with Crippen LogP contribution in [0, 0.1) is 0 Å². The van der Waals surface area contributed by atoms with E-state index in [1.807, 2.05) is 21.1 Å². The summed E-state index contributed by atoms with van der Waals surface area (Å²) in [5, 5.41) is 11.6. The molecule has 0 heterocycles. The molecule has 0 amide bonds. The molecular formula is C42H79NO8. The van der Waals surface area contributed by atoms with Gasteiger partial charge in [-0.1, -0.05) is 142 Å². The predicted molar refractivity (Wildman–Crippen MR) is 205 cm³/mol. The lowest BCUT2D eigenvalue weighted by atomic mass is 10.0. The van der Waals surface area contributed by atoms with E-state index in [1.54, 1.807) is 0 Å². The number of ether oxygens (including phenoxy) is 4. The van der Waals surface area contributed by atoms with Crippen LogP contribution in [-0.2, 0) is 33.3 Å². The molecule has 0 radical (unpaired) electrons. The van der Waals surface area contributed by atoms with Crippen LogP contribution in [-0.4, -0.2) is 82.3 Å². The second kappa shape index (κ2) is 35.1. The summed E-state index contributed by atoms with van der Waals surface area (Å²) >= 11 is 0. The third kappa shape index (κ3) is 36.2. The van der Waals surface area contributed by atoms with Crippen molar-refractivity contribution in [2.24, 2.45) is 0 Å². The quantitative estimate of drug-likeness (QED) is 0.0204. The predicted octanol–water partition coefficient (Wildman–Crippen LogP) is 9.00. The standard InChI is InChI=1S/C42H79NO8/c1-6-8-10-12-14-16-18-20-21-23-24-26-28-30-32-39(44)49-36-38(37-50-42(41(46)47)48-35-34-43(3,4)5)51-40(45)33-31-29-27-25-22-19-17-15-13-11-9-7-2/h15,17,38,42H,6-14,16,18-37H2,1-5H3/b17-15-. The first-order valence-electron chi connectivity index (χ1n) is 20.8. The summed E-state index contributed by atoms with van der Waals surface area (Å²) in [5.41, 5.74) is 0. The number of unbranched alkanes of at least 4 members (excludes halogenated alkanes) is 21. The van der Waals surface area contributed by atoms with Crippen LogP contribution in [0.15, 0.2) is 12.2 Å². The highest BCUT2D eigenvalue weighted by Gasteiger charge is 2.21. The molecule has 0 N–H and O–H groups in total. The van der Waals surface area contributed by atoms with Gasteiger partial charge in [-0.25, -0.2) is 0 Å². The minimum absolute atomic E-state index is 0.149. The average molecular weight is 726 g/mol. The first-order chi connectivity index (χ1) is 24.6. The third-order valence-corrected chi connectivity index (χ3v) is 9.01. The van der Waals surface area contributed by atoms with Crippen molar-refractivity contribution in [3.8, 4) is 0 Å². The van der Waals surface area contributed by atoms with Crippen molar-refractivity contribution >= 4 is 17.9 Å². The molecule has 0 aliphatic carbocycles. The van der Waals surface area contributed by atoms with Gasteiger partial charge in [0.2, 0.25) is 0 Å². The molecule has 0 saturated carbocycles. The minimum atomic E-state index is -1.62. The SMILES string of the molecule is CCCCC/C=C\CCCCCCCC(=O)OC(COC(=O)CCCCCCCCCCCCCCCC)COC(OCC[N+](C)(C)C)C(=O)[O-]. The fourth-order valence-corrected chi connectivity index (χ4v) is 5.71. The molecule has 0 fully saturated rings. The zero-order chi connectivity index (χ0) is 37.8. The molecule has 0 aromatic rings. The number of rotatable bonds is 38. The van der Waals surface area contributed by atoms with Crippen molar-refractivity contribution in [2.75, 3.05) is 47.5 Å².